The van der Waals surface area contributed by atoms with E-state index in [-0.39, 0.29) is 10.8 Å². The van der Waals surface area contributed by atoms with Gasteiger partial charge in [-0.2, -0.15) is 0 Å². The number of rotatable bonds is 5. The van der Waals surface area contributed by atoms with E-state index in [0.29, 0.717) is 11.3 Å². The van der Waals surface area contributed by atoms with Crippen LogP contribution >= 0.6 is 0 Å². The van der Waals surface area contributed by atoms with Crippen LogP contribution in [0.3, 0.4) is 0 Å². The zero-order chi connectivity index (χ0) is 18.7. The summed E-state index contributed by atoms with van der Waals surface area (Å²) >= 11 is 0. The molecule has 0 aliphatic rings. The van der Waals surface area contributed by atoms with E-state index in [2.05, 4.69) is 5.32 Å². The first-order valence-corrected chi connectivity index (χ1v) is 9.39. The lowest BCUT2D eigenvalue weighted by atomic mass is 10.2. The summed E-state index contributed by atoms with van der Waals surface area (Å²) in [4.78, 5) is 12.6. The van der Waals surface area contributed by atoms with Crippen molar-refractivity contribution >= 4 is 21.6 Å². The number of carbonyl (C=O) groups is 1. The van der Waals surface area contributed by atoms with Crippen molar-refractivity contribution in [1.82, 2.24) is 8.87 Å². The first-order chi connectivity index (χ1) is 12.4. The van der Waals surface area contributed by atoms with Gasteiger partial charge in [-0.3, -0.25) is 4.79 Å². The summed E-state index contributed by atoms with van der Waals surface area (Å²) < 4.78 is 27.2. The second-order valence-corrected chi connectivity index (χ2v) is 8.06. The van der Waals surface area contributed by atoms with Crippen molar-refractivity contribution in [3.05, 3.63) is 78.6 Å². The molecule has 0 aliphatic carbocycles. The molecule has 26 heavy (non-hydrogen) atoms. The number of nitrogens with zero attached hydrogens (tertiary/aromatic N) is 2. The highest BCUT2D eigenvalue weighted by atomic mass is 32.2. The zero-order valence-corrected chi connectivity index (χ0v) is 15.3. The molecule has 0 spiro atoms. The van der Waals surface area contributed by atoms with Gasteiger partial charge in [0.15, 0.2) is 0 Å². The summed E-state index contributed by atoms with van der Waals surface area (Å²) in [6.45, 7) is 0. The van der Waals surface area contributed by atoms with Crippen LogP contribution in [0.2, 0.25) is 0 Å². The van der Waals surface area contributed by atoms with Crippen LogP contribution in [-0.2, 0) is 10.0 Å². The quantitative estimate of drug-likeness (QED) is 0.752. The molecule has 2 aromatic carbocycles. The van der Waals surface area contributed by atoms with Gasteiger partial charge in [0.25, 0.3) is 5.91 Å². The second-order valence-electron chi connectivity index (χ2n) is 5.91. The van der Waals surface area contributed by atoms with Gasteiger partial charge in [-0.05, 0) is 54.6 Å². The molecule has 1 aromatic heterocycles. The van der Waals surface area contributed by atoms with E-state index in [1.807, 2.05) is 47.3 Å². The fraction of sp³-hybridized carbons (Fsp3) is 0.105. The summed E-state index contributed by atoms with van der Waals surface area (Å²) in [5.41, 5.74) is 1.97. The van der Waals surface area contributed by atoms with Crippen molar-refractivity contribution in [3.8, 4) is 5.69 Å². The van der Waals surface area contributed by atoms with E-state index in [1.54, 1.807) is 6.07 Å². The molecule has 3 rings (SSSR count). The molecule has 0 aliphatic heterocycles. The van der Waals surface area contributed by atoms with Gasteiger partial charge < -0.3 is 9.88 Å². The molecule has 0 bridgehead atoms. The van der Waals surface area contributed by atoms with Crippen LogP contribution < -0.4 is 5.32 Å². The molecule has 6 nitrogen and oxygen atoms in total. The molecule has 0 atom stereocenters. The molecule has 0 fully saturated rings. The highest BCUT2D eigenvalue weighted by Crippen LogP contribution is 2.17. The Morgan fingerprint density at radius 1 is 0.962 bits per heavy atom. The number of amides is 1. The molecule has 0 saturated carbocycles. The molecule has 1 N–H and O–H groups in total. The normalized spacial score (nSPS) is 11.5. The average molecular weight is 369 g/mol. The average Bonchev–Trinajstić information content (AvgIpc) is 3.16. The Labute approximate surface area is 152 Å². The minimum atomic E-state index is -3.51. The summed E-state index contributed by atoms with van der Waals surface area (Å²) in [7, 11) is -0.578. The topological polar surface area (TPSA) is 71.4 Å². The second kappa shape index (κ2) is 7.15. The van der Waals surface area contributed by atoms with Gasteiger partial charge in [-0.25, -0.2) is 12.7 Å². The molecule has 1 amide bonds. The van der Waals surface area contributed by atoms with Crippen molar-refractivity contribution in [2.45, 2.75) is 4.90 Å². The van der Waals surface area contributed by atoms with Crippen LogP contribution in [0.15, 0.2) is 78.0 Å². The summed E-state index contributed by atoms with van der Waals surface area (Å²) in [5, 5.41) is 2.83. The number of nitrogens with one attached hydrogen (secondary N) is 1. The maximum atomic E-state index is 12.4. The van der Waals surface area contributed by atoms with E-state index in [4.69, 9.17) is 0 Å². The fourth-order valence-corrected chi connectivity index (χ4v) is 3.34. The van der Waals surface area contributed by atoms with Crippen LogP contribution in [-0.4, -0.2) is 37.3 Å². The molecule has 0 saturated heterocycles. The van der Waals surface area contributed by atoms with Crippen molar-refractivity contribution in [3.63, 3.8) is 0 Å². The summed E-state index contributed by atoms with van der Waals surface area (Å²) in [6.07, 6.45) is 3.84. The van der Waals surface area contributed by atoms with E-state index < -0.39 is 10.0 Å². The lowest BCUT2D eigenvalue weighted by Gasteiger charge is -2.12. The van der Waals surface area contributed by atoms with Crippen LogP contribution in [0, 0.1) is 0 Å². The van der Waals surface area contributed by atoms with Crippen LogP contribution in [0.5, 0.6) is 0 Å². The van der Waals surface area contributed by atoms with Crippen molar-refractivity contribution in [1.29, 1.82) is 0 Å². The maximum absolute atomic E-state index is 12.4. The molecule has 134 valence electrons. The third-order valence-corrected chi connectivity index (χ3v) is 5.73. The Hall–Kier alpha value is -2.90. The van der Waals surface area contributed by atoms with Crippen LogP contribution in [0.25, 0.3) is 5.69 Å². The molecule has 3 aromatic rings. The van der Waals surface area contributed by atoms with Gasteiger partial charge in [0.2, 0.25) is 10.0 Å². The van der Waals surface area contributed by atoms with Crippen molar-refractivity contribution < 1.29 is 13.2 Å². The molecular weight excluding hydrogens is 350 g/mol. The van der Waals surface area contributed by atoms with E-state index in [9.17, 15) is 13.2 Å². The zero-order valence-electron chi connectivity index (χ0n) is 14.5. The first kappa shape index (κ1) is 17.9. The van der Waals surface area contributed by atoms with Gasteiger partial charge in [-0.15, -0.1) is 0 Å². The van der Waals surface area contributed by atoms with Gasteiger partial charge in [0, 0.05) is 43.4 Å². The smallest absolute Gasteiger partial charge is 0.255 e. The van der Waals surface area contributed by atoms with Crippen LogP contribution in [0.1, 0.15) is 10.4 Å². The Balaban J connectivity index is 1.78. The Bertz CT molecular complexity index is 1010. The molecular formula is C19H19N3O3S. The largest absolute Gasteiger partial charge is 0.324 e. The number of carbonyl (C=O) groups excluding carboxylic acids is 1. The van der Waals surface area contributed by atoms with Crippen LogP contribution in [0.4, 0.5) is 5.69 Å². The Kier molecular flexibility index (Phi) is 4.92. The summed E-state index contributed by atoms with van der Waals surface area (Å²) in [5.74, 6) is -0.302. The minimum Gasteiger partial charge on any atom is -0.324 e. The molecule has 0 unspecified atom stereocenters. The SMILES string of the molecule is CN(C)S(=O)(=O)c1ccc(C(=O)Nc2cccc(-n3cccc3)c2)cc1. The molecule has 0 radical (unpaired) electrons. The molecule has 1 heterocycles. The van der Waals surface area contributed by atoms with E-state index >= 15 is 0 Å². The first-order valence-electron chi connectivity index (χ1n) is 7.95. The number of anilines is 1. The lowest BCUT2D eigenvalue weighted by molar-refractivity contribution is 0.102. The predicted octanol–water partition coefficient (Wildman–Crippen LogP) is 2.98. The molecule has 7 heteroatoms. The lowest BCUT2D eigenvalue weighted by Crippen LogP contribution is -2.22. The van der Waals surface area contributed by atoms with E-state index in [0.717, 1.165) is 9.99 Å². The minimum absolute atomic E-state index is 0.147. The van der Waals surface area contributed by atoms with Crippen molar-refractivity contribution in [2.24, 2.45) is 0 Å². The van der Waals surface area contributed by atoms with Gasteiger partial charge >= 0.3 is 0 Å². The Morgan fingerprint density at radius 3 is 2.23 bits per heavy atom. The fourth-order valence-electron chi connectivity index (χ4n) is 2.44. The van der Waals surface area contributed by atoms with Crippen molar-refractivity contribution in [2.75, 3.05) is 19.4 Å². The standard InChI is InChI=1S/C19H19N3O3S/c1-21(2)26(24,25)18-10-8-15(9-11-18)19(23)20-16-6-5-7-17(14-16)22-12-3-4-13-22/h3-14H,1-2H3,(H,20,23). The highest BCUT2D eigenvalue weighted by molar-refractivity contribution is 7.89. The monoisotopic (exact) mass is 369 g/mol. The number of hydrogen-bond donors (Lipinski definition) is 1. The van der Waals surface area contributed by atoms with E-state index in [1.165, 1.54) is 38.4 Å². The third-order valence-electron chi connectivity index (χ3n) is 3.90. The third kappa shape index (κ3) is 3.68. The number of benzene rings is 2. The summed E-state index contributed by atoms with van der Waals surface area (Å²) in [6, 6.07) is 17.2. The number of sulfonamides is 1. The predicted molar refractivity (Wildman–Crippen MR) is 101 cm³/mol. The van der Waals surface area contributed by atoms with Gasteiger partial charge in [0.1, 0.15) is 0 Å². The van der Waals surface area contributed by atoms with Gasteiger partial charge in [-0.1, -0.05) is 6.07 Å². The maximum Gasteiger partial charge on any atom is 0.255 e. The van der Waals surface area contributed by atoms with Gasteiger partial charge in [0.05, 0.1) is 4.90 Å². The highest BCUT2D eigenvalue weighted by Gasteiger charge is 2.17. The number of aromatic nitrogens is 1. The Morgan fingerprint density at radius 2 is 1.62 bits per heavy atom. The number of hydrogen-bond acceptors (Lipinski definition) is 3.